The van der Waals surface area contributed by atoms with Crippen LogP contribution >= 0.6 is 15.9 Å². The van der Waals surface area contributed by atoms with Gasteiger partial charge in [-0.2, -0.15) is 0 Å². The molecule has 0 spiro atoms. The van der Waals surface area contributed by atoms with Gasteiger partial charge in [-0.15, -0.1) is 0 Å². The zero-order valence-electron chi connectivity index (χ0n) is 11.0. The minimum absolute atomic E-state index is 0.515. The van der Waals surface area contributed by atoms with Crippen LogP contribution in [0.5, 0.6) is 0 Å². The van der Waals surface area contributed by atoms with Crippen LogP contribution < -0.4 is 5.32 Å². The van der Waals surface area contributed by atoms with Crippen LogP contribution in [0.15, 0.2) is 23.2 Å². The van der Waals surface area contributed by atoms with Crippen molar-refractivity contribution in [1.82, 2.24) is 19.7 Å². The van der Waals surface area contributed by atoms with E-state index in [-0.39, 0.29) is 0 Å². The molecule has 1 N–H and O–H groups in total. The van der Waals surface area contributed by atoms with Gasteiger partial charge in [0.25, 0.3) is 0 Å². The summed E-state index contributed by atoms with van der Waals surface area (Å²) in [7, 11) is 0. The third-order valence-electron chi connectivity index (χ3n) is 2.90. The molecule has 0 amide bonds. The van der Waals surface area contributed by atoms with E-state index in [0.717, 1.165) is 22.5 Å². The molecule has 0 bridgehead atoms. The van der Waals surface area contributed by atoms with Crippen molar-refractivity contribution < 1.29 is 0 Å². The number of nitrogens with zero attached hydrogens (tertiary/aromatic N) is 3. The first kappa shape index (κ1) is 13.5. The molecular weight excluding hydrogens is 292 g/mol. The molecule has 2 heterocycles. The summed E-state index contributed by atoms with van der Waals surface area (Å²) in [5, 5.41) is 3.53. The summed E-state index contributed by atoms with van der Waals surface area (Å²) in [4.78, 5) is 8.51. The second kappa shape index (κ2) is 5.80. The Labute approximate surface area is 116 Å². The van der Waals surface area contributed by atoms with Crippen LogP contribution in [0.3, 0.4) is 0 Å². The van der Waals surface area contributed by atoms with E-state index in [9.17, 15) is 0 Å². The zero-order chi connectivity index (χ0) is 13.1. The molecule has 0 saturated carbocycles. The van der Waals surface area contributed by atoms with Gasteiger partial charge in [-0.05, 0) is 35.2 Å². The fraction of sp³-hybridized carbons (Fsp3) is 0.538. The second-order valence-corrected chi connectivity index (χ2v) is 5.91. The minimum atomic E-state index is 0.515. The Hall–Kier alpha value is -0.940. The molecule has 0 aliphatic carbocycles. The zero-order valence-corrected chi connectivity index (χ0v) is 12.6. The fourth-order valence-corrected chi connectivity index (χ4v) is 2.42. The number of imidazole rings is 1. The minimum Gasteiger partial charge on any atom is -0.309 e. The predicted octanol–water partition coefficient (Wildman–Crippen LogP) is 3.02. The number of aromatic nitrogens is 3. The molecule has 0 aliphatic heterocycles. The SMILES string of the molecule is CC(C)CC(C)NCc1cnc2cnc(Br)cn12. The third-order valence-corrected chi connectivity index (χ3v) is 3.31. The van der Waals surface area contributed by atoms with E-state index in [1.807, 2.05) is 12.4 Å². The van der Waals surface area contributed by atoms with E-state index < -0.39 is 0 Å². The van der Waals surface area contributed by atoms with Crippen molar-refractivity contribution in [2.24, 2.45) is 5.92 Å². The average Bonchev–Trinajstić information content (AvgIpc) is 2.68. The van der Waals surface area contributed by atoms with Crippen molar-refractivity contribution in [2.75, 3.05) is 0 Å². The molecular formula is C13H19BrN4. The maximum absolute atomic E-state index is 4.34. The predicted molar refractivity (Wildman–Crippen MR) is 76.4 cm³/mol. The van der Waals surface area contributed by atoms with Crippen molar-refractivity contribution in [3.8, 4) is 0 Å². The highest BCUT2D eigenvalue weighted by Gasteiger charge is 2.07. The Morgan fingerprint density at radius 1 is 1.28 bits per heavy atom. The average molecular weight is 311 g/mol. The van der Waals surface area contributed by atoms with Crippen LogP contribution in [0.25, 0.3) is 5.65 Å². The highest BCUT2D eigenvalue weighted by atomic mass is 79.9. The van der Waals surface area contributed by atoms with E-state index >= 15 is 0 Å². The number of nitrogens with one attached hydrogen (secondary N) is 1. The van der Waals surface area contributed by atoms with Gasteiger partial charge >= 0.3 is 0 Å². The van der Waals surface area contributed by atoms with Crippen molar-refractivity contribution in [2.45, 2.75) is 39.8 Å². The van der Waals surface area contributed by atoms with Crippen molar-refractivity contribution in [3.63, 3.8) is 0 Å². The third kappa shape index (κ3) is 3.29. The number of hydrogen-bond acceptors (Lipinski definition) is 3. The summed E-state index contributed by atoms with van der Waals surface area (Å²) in [6.07, 6.45) is 6.80. The van der Waals surface area contributed by atoms with Gasteiger partial charge in [0.1, 0.15) is 4.60 Å². The molecule has 2 aromatic rings. The first-order chi connectivity index (χ1) is 8.56. The second-order valence-electron chi connectivity index (χ2n) is 5.10. The summed E-state index contributed by atoms with van der Waals surface area (Å²) in [5.41, 5.74) is 2.04. The molecule has 0 fully saturated rings. The van der Waals surface area contributed by atoms with E-state index in [4.69, 9.17) is 0 Å². The van der Waals surface area contributed by atoms with Crippen molar-refractivity contribution in [3.05, 3.63) is 28.9 Å². The van der Waals surface area contributed by atoms with Crippen molar-refractivity contribution >= 4 is 21.6 Å². The van der Waals surface area contributed by atoms with E-state index in [1.165, 1.54) is 6.42 Å². The number of fused-ring (bicyclic) bond motifs is 1. The van der Waals surface area contributed by atoms with Crippen LogP contribution in [0, 0.1) is 5.92 Å². The van der Waals surface area contributed by atoms with E-state index in [0.29, 0.717) is 12.0 Å². The molecule has 2 aromatic heterocycles. The molecule has 98 valence electrons. The maximum Gasteiger partial charge on any atom is 0.155 e. The Bertz CT molecular complexity index is 521. The molecule has 0 saturated heterocycles. The largest absolute Gasteiger partial charge is 0.309 e. The Morgan fingerprint density at radius 2 is 2.06 bits per heavy atom. The first-order valence-corrected chi connectivity index (χ1v) is 7.06. The molecule has 0 aliphatic rings. The summed E-state index contributed by atoms with van der Waals surface area (Å²) >= 11 is 3.38. The van der Waals surface area contributed by atoms with Gasteiger partial charge in [0.2, 0.25) is 0 Å². The molecule has 1 unspecified atom stereocenters. The Morgan fingerprint density at radius 3 is 2.78 bits per heavy atom. The molecule has 4 nitrogen and oxygen atoms in total. The quantitative estimate of drug-likeness (QED) is 0.923. The summed E-state index contributed by atoms with van der Waals surface area (Å²) in [5.74, 6) is 0.716. The number of hydrogen-bond donors (Lipinski definition) is 1. The van der Waals surface area contributed by atoms with Crippen LogP contribution in [-0.2, 0) is 6.54 Å². The summed E-state index contributed by atoms with van der Waals surface area (Å²) in [6.45, 7) is 7.54. The highest BCUT2D eigenvalue weighted by molar-refractivity contribution is 9.10. The van der Waals surface area contributed by atoms with Crippen LogP contribution in [0.1, 0.15) is 32.9 Å². The van der Waals surface area contributed by atoms with Gasteiger partial charge < -0.3 is 5.32 Å². The Balaban J connectivity index is 2.05. The van der Waals surface area contributed by atoms with Crippen LogP contribution in [-0.4, -0.2) is 20.4 Å². The number of halogens is 1. The maximum atomic E-state index is 4.34. The molecule has 5 heteroatoms. The molecule has 1 atom stereocenters. The lowest BCUT2D eigenvalue weighted by Gasteiger charge is -2.15. The highest BCUT2D eigenvalue weighted by Crippen LogP contribution is 2.11. The van der Waals surface area contributed by atoms with Crippen LogP contribution in [0.2, 0.25) is 0 Å². The van der Waals surface area contributed by atoms with E-state index in [1.54, 1.807) is 6.20 Å². The normalized spacial score (nSPS) is 13.4. The van der Waals surface area contributed by atoms with Gasteiger partial charge in [0.15, 0.2) is 5.65 Å². The molecule has 2 rings (SSSR count). The van der Waals surface area contributed by atoms with Gasteiger partial charge in [-0.25, -0.2) is 9.97 Å². The van der Waals surface area contributed by atoms with Gasteiger partial charge in [0.05, 0.1) is 18.1 Å². The van der Waals surface area contributed by atoms with Gasteiger partial charge in [-0.3, -0.25) is 4.40 Å². The summed E-state index contributed by atoms with van der Waals surface area (Å²) in [6, 6.07) is 0.515. The first-order valence-electron chi connectivity index (χ1n) is 6.27. The lowest BCUT2D eigenvalue weighted by molar-refractivity contribution is 0.439. The lowest BCUT2D eigenvalue weighted by Crippen LogP contribution is -2.27. The molecule has 18 heavy (non-hydrogen) atoms. The van der Waals surface area contributed by atoms with E-state index in [2.05, 4.69) is 56.4 Å². The monoisotopic (exact) mass is 310 g/mol. The fourth-order valence-electron chi connectivity index (χ4n) is 2.12. The van der Waals surface area contributed by atoms with Gasteiger partial charge in [0, 0.05) is 18.8 Å². The topological polar surface area (TPSA) is 42.2 Å². The number of rotatable bonds is 5. The van der Waals surface area contributed by atoms with Crippen LogP contribution in [0.4, 0.5) is 0 Å². The standard InChI is InChI=1S/C13H19BrN4/c1-9(2)4-10(3)15-5-11-6-17-13-7-16-12(14)8-18(11)13/h6-10,15H,4-5H2,1-3H3. The smallest absolute Gasteiger partial charge is 0.155 e. The Kier molecular flexibility index (Phi) is 4.35. The molecule has 0 radical (unpaired) electrons. The van der Waals surface area contributed by atoms with Crippen molar-refractivity contribution in [1.29, 1.82) is 0 Å². The lowest BCUT2D eigenvalue weighted by atomic mass is 10.1. The van der Waals surface area contributed by atoms with Gasteiger partial charge in [-0.1, -0.05) is 13.8 Å². The molecule has 0 aromatic carbocycles. The summed E-state index contributed by atoms with van der Waals surface area (Å²) < 4.78 is 2.89.